The number of hydrogen-bond acceptors (Lipinski definition) is 3. The number of halogens is 3. The summed E-state index contributed by atoms with van der Waals surface area (Å²) in [6, 6.07) is 20.1. The number of rotatable bonds is 10. The molecule has 8 heteroatoms. The molecular formula is C48H61F3IrNO2Se-. The van der Waals surface area contributed by atoms with Crippen molar-refractivity contribution in [1.82, 2.24) is 4.98 Å². The maximum atomic E-state index is 13.6. The number of aromatic nitrogens is 1. The van der Waals surface area contributed by atoms with E-state index in [1.54, 1.807) is 0 Å². The molecule has 56 heavy (non-hydrogen) atoms. The molecule has 0 fully saturated rings. The van der Waals surface area contributed by atoms with Crippen molar-refractivity contribution in [2.24, 2.45) is 40.9 Å². The van der Waals surface area contributed by atoms with Crippen LogP contribution in [0, 0.1) is 53.9 Å². The molecule has 0 aliphatic carbocycles. The van der Waals surface area contributed by atoms with Gasteiger partial charge in [0.15, 0.2) is 5.78 Å². The Morgan fingerprint density at radius 2 is 1.36 bits per heavy atom. The van der Waals surface area contributed by atoms with Gasteiger partial charge in [0.25, 0.3) is 0 Å². The maximum Gasteiger partial charge on any atom is 0 e. The van der Waals surface area contributed by atoms with E-state index in [1.165, 1.54) is 39.4 Å². The number of aliphatic hydroxyl groups excluding tert-OH is 1. The summed E-state index contributed by atoms with van der Waals surface area (Å²) in [7, 11) is 0. The van der Waals surface area contributed by atoms with Gasteiger partial charge in [-0.05, 0) is 23.7 Å². The fourth-order valence-corrected chi connectivity index (χ4v) is 10.9. The molecule has 3 aromatic carbocycles. The molecule has 0 spiro atoms. The van der Waals surface area contributed by atoms with Gasteiger partial charge in [0.05, 0.1) is 5.76 Å². The number of nitrogens with zero attached hydrogens (tertiary/aromatic N) is 1. The Hall–Kier alpha value is -2.76. The quantitative estimate of drug-likeness (QED) is 0.0656. The molecule has 0 saturated heterocycles. The topological polar surface area (TPSA) is 50.2 Å². The summed E-state index contributed by atoms with van der Waals surface area (Å²) in [5.41, 5.74) is 3.07. The first-order valence-corrected chi connectivity index (χ1v) is 21.3. The van der Waals surface area contributed by atoms with E-state index in [2.05, 4.69) is 106 Å². The third-order valence-corrected chi connectivity index (χ3v) is 13.8. The molecule has 0 amide bonds. The number of aliphatic hydroxyl groups is 1. The molecule has 2 aromatic heterocycles. The van der Waals surface area contributed by atoms with Crippen LogP contribution in [0.25, 0.3) is 41.3 Å². The van der Waals surface area contributed by atoms with E-state index < -0.39 is 11.6 Å². The minimum atomic E-state index is -4.25. The van der Waals surface area contributed by atoms with Gasteiger partial charge in [-0.15, -0.1) is 0 Å². The molecule has 1 N–H and O–H groups in total. The number of alkyl halides is 3. The number of allylic oxidation sites excluding steroid dienone is 2. The van der Waals surface area contributed by atoms with Gasteiger partial charge < -0.3 is 5.11 Å². The van der Waals surface area contributed by atoms with Crippen molar-refractivity contribution in [2.75, 3.05) is 0 Å². The zero-order valence-electron chi connectivity index (χ0n) is 35.6. The van der Waals surface area contributed by atoms with Crippen LogP contribution in [-0.4, -0.2) is 36.6 Å². The zero-order valence-corrected chi connectivity index (χ0v) is 39.7. The summed E-state index contributed by atoms with van der Waals surface area (Å²) in [5.74, 6) is 1.63. The molecule has 0 unspecified atom stereocenters. The number of hydrogen-bond donors (Lipinski definition) is 1. The van der Waals surface area contributed by atoms with E-state index in [4.69, 9.17) is 4.98 Å². The number of carbonyl (C=O) groups is 1. The van der Waals surface area contributed by atoms with Crippen molar-refractivity contribution in [3.05, 3.63) is 89.3 Å². The second-order valence-electron chi connectivity index (χ2n) is 18.3. The largest absolute Gasteiger partial charge is 0 e. The van der Waals surface area contributed by atoms with Gasteiger partial charge in [0.1, 0.15) is 0 Å². The number of pyridine rings is 1. The van der Waals surface area contributed by atoms with Gasteiger partial charge in [-0.1, -0.05) is 55.4 Å². The fraction of sp³-hybridized carbons (Fsp3) is 0.500. The number of aryl methyl sites for hydroxylation is 1. The molecule has 5 rings (SSSR count). The van der Waals surface area contributed by atoms with E-state index in [1.807, 2.05) is 37.4 Å². The zero-order chi connectivity index (χ0) is 41.4. The molecular weight excluding hydrogens is 951 g/mol. The Kier molecular flexibility index (Phi) is 15.7. The molecule has 3 nitrogen and oxygen atoms in total. The van der Waals surface area contributed by atoms with Gasteiger partial charge in [0, 0.05) is 38.0 Å². The van der Waals surface area contributed by atoms with Crippen LogP contribution in [-0.2, 0) is 36.7 Å². The Morgan fingerprint density at radius 1 is 0.804 bits per heavy atom. The second-order valence-corrected chi connectivity index (χ2v) is 20.5. The molecule has 1 radical (unpaired) electrons. The number of carbonyl (C=O) groups excluding carboxylic acids is 1. The van der Waals surface area contributed by atoms with Gasteiger partial charge >= 0.3 is 216 Å². The smallest absolute Gasteiger partial charge is 0 e. The van der Waals surface area contributed by atoms with E-state index in [-0.39, 0.29) is 69.8 Å². The van der Waals surface area contributed by atoms with Crippen molar-refractivity contribution in [2.45, 2.75) is 115 Å². The Morgan fingerprint density at radius 3 is 1.89 bits per heavy atom. The molecule has 0 atom stereocenters. The van der Waals surface area contributed by atoms with Crippen LogP contribution in [0.3, 0.4) is 0 Å². The Balaban J connectivity index is 0.000000361. The molecule has 5 aromatic rings. The Labute approximate surface area is 353 Å². The molecule has 0 aliphatic rings. The predicted molar refractivity (Wildman–Crippen MR) is 227 cm³/mol. The van der Waals surface area contributed by atoms with E-state index in [0.717, 1.165) is 38.5 Å². The van der Waals surface area contributed by atoms with Gasteiger partial charge in [-0.3, -0.25) is 4.79 Å². The molecule has 0 bridgehead atoms. The van der Waals surface area contributed by atoms with Crippen LogP contribution in [0.1, 0.15) is 107 Å². The van der Waals surface area contributed by atoms with Crippen LogP contribution >= 0.6 is 0 Å². The first-order valence-electron chi connectivity index (χ1n) is 19.6. The van der Waals surface area contributed by atoms with Crippen LogP contribution < -0.4 is 0 Å². The summed E-state index contributed by atoms with van der Waals surface area (Å²) in [5, 5.41) is 14.8. The van der Waals surface area contributed by atoms with Crippen molar-refractivity contribution in [3.8, 4) is 11.3 Å². The van der Waals surface area contributed by atoms with Crippen molar-refractivity contribution in [1.29, 1.82) is 0 Å². The van der Waals surface area contributed by atoms with Gasteiger partial charge in [0.2, 0.25) is 0 Å². The second kappa shape index (κ2) is 18.4. The van der Waals surface area contributed by atoms with Crippen LogP contribution in [0.4, 0.5) is 13.2 Å². The monoisotopic (exact) mass is 1010 g/mol. The molecule has 307 valence electrons. The predicted octanol–water partition coefficient (Wildman–Crippen LogP) is 13.7. The minimum absolute atomic E-state index is 0. The third kappa shape index (κ3) is 10.5. The summed E-state index contributed by atoms with van der Waals surface area (Å²) >= 11 is -0.0574. The Bertz CT molecular complexity index is 2150. The molecule has 0 aliphatic heterocycles. The number of benzene rings is 3. The van der Waals surface area contributed by atoms with Gasteiger partial charge in [-0.25, -0.2) is 0 Å². The van der Waals surface area contributed by atoms with Gasteiger partial charge in [-0.2, -0.15) is 0 Å². The first kappa shape index (κ1) is 47.6. The van der Waals surface area contributed by atoms with E-state index in [9.17, 15) is 23.1 Å². The standard InChI is InChI=1S/C31H29F3NSe.C17H32O2.Ir/c1-18-20(17-30(5,6)31(32,33)34)11-12-23-24-13-14-35-26(28(24)36-27(18)23)21-15-19-9-7-8-10-22(19)25(16-21)29(2,3)4;1-10(2)16(11(3)4)14(18)9-15(19)17(12(5)6)13(7)8;/h7-14,16H,17H2,1-6H3;9-13,16-18H,1-8H3;/q-1;;/b;14-9-;. The number of ketones is 1. The normalized spacial score (nSPS) is 13.2. The average Bonchev–Trinajstić information content (AvgIpc) is 3.43. The van der Waals surface area contributed by atoms with Crippen molar-refractivity contribution < 1.29 is 43.2 Å². The van der Waals surface area contributed by atoms with E-state index in [0.29, 0.717) is 23.7 Å². The maximum absolute atomic E-state index is 13.6. The third-order valence-electron chi connectivity index (χ3n) is 11.0. The fourth-order valence-electron chi connectivity index (χ4n) is 8.10. The molecule has 0 saturated carbocycles. The van der Waals surface area contributed by atoms with Crippen LogP contribution in [0.15, 0.2) is 66.6 Å². The SMILES string of the molecule is CC(C)C(C(=O)/C=C(\O)C(C(C)C)C(C)C)C(C)C.Cc1c(CC(C)(C)C(F)(F)F)ccc2c1[se]c1c(-c3[c-]c4ccccc4c(C(C)(C)C)c3)nccc12.[Ir]. The van der Waals surface area contributed by atoms with Crippen molar-refractivity contribution >= 4 is 50.4 Å². The van der Waals surface area contributed by atoms with Crippen molar-refractivity contribution in [3.63, 3.8) is 0 Å². The van der Waals surface area contributed by atoms with Crippen LogP contribution in [0.2, 0.25) is 0 Å². The summed E-state index contributed by atoms with van der Waals surface area (Å²) < 4.78 is 43.1. The number of fused-ring (bicyclic) bond motifs is 4. The average molecular weight is 1010 g/mol. The summed E-state index contributed by atoms with van der Waals surface area (Å²) in [4.78, 5) is 17.2. The first-order chi connectivity index (χ1) is 25.4. The van der Waals surface area contributed by atoms with Crippen LogP contribution in [0.5, 0.6) is 0 Å². The molecule has 2 heterocycles. The summed E-state index contributed by atoms with van der Waals surface area (Å²) in [6.45, 7) is 27.8. The minimum Gasteiger partial charge on any atom is 0 e. The van der Waals surface area contributed by atoms with E-state index >= 15 is 0 Å². The summed E-state index contributed by atoms with van der Waals surface area (Å²) in [6.07, 6.45) is -0.953.